The van der Waals surface area contributed by atoms with E-state index in [0.29, 0.717) is 11.6 Å². The second-order valence-corrected chi connectivity index (χ2v) is 6.47. The highest BCUT2D eigenvalue weighted by Crippen LogP contribution is 2.22. The van der Waals surface area contributed by atoms with Crippen molar-refractivity contribution in [2.45, 2.75) is 31.7 Å². The number of carbonyl (C=O) groups excluding carboxylic acids is 1. The van der Waals surface area contributed by atoms with Gasteiger partial charge in [-0.05, 0) is 50.9 Å². The van der Waals surface area contributed by atoms with E-state index in [0.717, 1.165) is 39.0 Å². The molecule has 2 aliphatic rings. The van der Waals surface area contributed by atoms with E-state index < -0.39 is 4.92 Å². The van der Waals surface area contributed by atoms with Crippen molar-refractivity contribution in [3.8, 4) is 0 Å². The number of nitro benzene ring substituents is 1. The predicted octanol–water partition coefficient (Wildman–Crippen LogP) is 2.69. The van der Waals surface area contributed by atoms with Crippen LogP contribution in [0.4, 0.5) is 5.69 Å². The first-order valence-electron chi connectivity index (χ1n) is 8.59. The van der Waals surface area contributed by atoms with Gasteiger partial charge in [0.05, 0.1) is 10.5 Å². The van der Waals surface area contributed by atoms with E-state index in [1.165, 1.54) is 25.0 Å². The molecule has 2 fully saturated rings. The molecule has 24 heavy (non-hydrogen) atoms. The number of nitro groups is 1. The number of hydrogen-bond donors (Lipinski definition) is 0. The SMILES string of the molecule is O=C(C=Cc1ccccc1[N+](=O)[O-])N1CCCC(N2CCCC2)C1. The van der Waals surface area contributed by atoms with E-state index in [9.17, 15) is 14.9 Å². The molecule has 0 radical (unpaired) electrons. The van der Waals surface area contributed by atoms with Crippen LogP contribution in [0.5, 0.6) is 0 Å². The number of carbonyl (C=O) groups is 1. The zero-order chi connectivity index (χ0) is 16.9. The van der Waals surface area contributed by atoms with Crippen molar-refractivity contribution in [2.75, 3.05) is 26.2 Å². The molecule has 0 N–H and O–H groups in total. The molecule has 0 spiro atoms. The average Bonchev–Trinajstić information content (AvgIpc) is 3.14. The molecule has 1 amide bonds. The number of hydrogen-bond acceptors (Lipinski definition) is 4. The van der Waals surface area contributed by atoms with Gasteiger partial charge in [0, 0.05) is 31.3 Å². The Morgan fingerprint density at radius 3 is 2.67 bits per heavy atom. The van der Waals surface area contributed by atoms with Crippen LogP contribution in [-0.2, 0) is 4.79 Å². The highest BCUT2D eigenvalue weighted by atomic mass is 16.6. The van der Waals surface area contributed by atoms with Gasteiger partial charge in [-0.2, -0.15) is 0 Å². The zero-order valence-electron chi connectivity index (χ0n) is 13.8. The summed E-state index contributed by atoms with van der Waals surface area (Å²) >= 11 is 0. The second-order valence-electron chi connectivity index (χ2n) is 6.47. The van der Waals surface area contributed by atoms with Crippen molar-refractivity contribution >= 4 is 17.7 Å². The Morgan fingerprint density at radius 2 is 1.92 bits per heavy atom. The van der Waals surface area contributed by atoms with Crippen LogP contribution in [0.25, 0.3) is 6.08 Å². The van der Waals surface area contributed by atoms with Crippen molar-refractivity contribution in [3.63, 3.8) is 0 Å². The maximum atomic E-state index is 12.5. The van der Waals surface area contributed by atoms with Gasteiger partial charge in [-0.25, -0.2) is 0 Å². The maximum absolute atomic E-state index is 12.5. The van der Waals surface area contributed by atoms with Gasteiger partial charge >= 0.3 is 0 Å². The molecule has 1 aromatic carbocycles. The molecule has 1 aromatic rings. The monoisotopic (exact) mass is 329 g/mol. The van der Waals surface area contributed by atoms with E-state index >= 15 is 0 Å². The Hall–Kier alpha value is -2.21. The molecule has 0 saturated carbocycles. The summed E-state index contributed by atoms with van der Waals surface area (Å²) in [5.41, 5.74) is 0.485. The van der Waals surface area contributed by atoms with Crippen molar-refractivity contribution in [1.82, 2.24) is 9.80 Å². The number of likely N-dealkylation sites (tertiary alicyclic amines) is 2. The second kappa shape index (κ2) is 7.57. The first kappa shape index (κ1) is 16.6. The summed E-state index contributed by atoms with van der Waals surface area (Å²) in [5, 5.41) is 11.0. The van der Waals surface area contributed by atoms with Gasteiger partial charge in [0.2, 0.25) is 5.91 Å². The number of benzene rings is 1. The van der Waals surface area contributed by atoms with Crippen LogP contribution < -0.4 is 0 Å². The number of amides is 1. The molecule has 2 saturated heterocycles. The fraction of sp³-hybridized carbons (Fsp3) is 0.500. The van der Waals surface area contributed by atoms with E-state index in [4.69, 9.17) is 0 Å². The van der Waals surface area contributed by atoms with E-state index in [1.54, 1.807) is 24.3 Å². The molecule has 0 bridgehead atoms. The maximum Gasteiger partial charge on any atom is 0.276 e. The lowest BCUT2D eigenvalue weighted by atomic mass is 10.0. The van der Waals surface area contributed by atoms with E-state index in [2.05, 4.69) is 4.90 Å². The molecule has 6 nitrogen and oxygen atoms in total. The summed E-state index contributed by atoms with van der Waals surface area (Å²) in [6.07, 6.45) is 7.70. The third-order valence-electron chi connectivity index (χ3n) is 4.90. The van der Waals surface area contributed by atoms with Gasteiger partial charge in [-0.15, -0.1) is 0 Å². The Balaban J connectivity index is 1.65. The fourth-order valence-corrected chi connectivity index (χ4v) is 3.62. The molecule has 0 aliphatic carbocycles. The molecule has 1 atom stereocenters. The number of rotatable bonds is 4. The van der Waals surface area contributed by atoms with Crippen LogP contribution >= 0.6 is 0 Å². The standard InChI is InChI=1S/C18H23N3O3/c22-18(10-9-15-6-1-2-8-17(15)21(23)24)20-13-5-7-16(14-20)19-11-3-4-12-19/h1-2,6,8-10,16H,3-5,7,11-14H2. The smallest absolute Gasteiger partial charge is 0.276 e. The Labute approximate surface area is 141 Å². The lowest BCUT2D eigenvalue weighted by Gasteiger charge is -2.37. The molecule has 0 aromatic heterocycles. The lowest BCUT2D eigenvalue weighted by Crippen LogP contribution is -2.48. The van der Waals surface area contributed by atoms with Gasteiger partial charge in [0.25, 0.3) is 5.69 Å². The Morgan fingerprint density at radius 1 is 1.17 bits per heavy atom. The first-order chi connectivity index (χ1) is 11.6. The van der Waals surface area contributed by atoms with Crippen molar-refractivity contribution < 1.29 is 9.72 Å². The van der Waals surface area contributed by atoms with Gasteiger partial charge < -0.3 is 4.90 Å². The summed E-state index contributed by atoms with van der Waals surface area (Å²) in [6.45, 7) is 3.81. The van der Waals surface area contributed by atoms with E-state index in [-0.39, 0.29) is 11.6 Å². The number of nitrogens with zero attached hydrogens (tertiary/aromatic N) is 3. The molecular weight excluding hydrogens is 306 g/mol. The Bertz CT molecular complexity index is 638. The van der Waals surface area contributed by atoms with Gasteiger partial charge in [-0.3, -0.25) is 19.8 Å². The highest BCUT2D eigenvalue weighted by molar-refractivity contribution is 5.92. The summed E-state index contributed by atoms with van der Waals surface area (Å²) in [6, 6.07) is 6.94. The van der Waals surface area contributed by atoms with Crippen LogP contribution in [0.1, 0.15) is 31.2 Å². The summed E-state index contributed by atoms with van der Waals surface area (Å²) in [7, 11) is 0. The normalized spacial score (nSPS) is 22.2. The highest BCUT2D eigenvalue weighted by Gasteiger charge is 2.28. The van der Waals surface area contributed by atoms with Crippen LogP contribution in [0.3, 0.4) is 0 Å². The van der Waals surface area contributed by atoms with Crippen molar-refractivity contribution in [2.24, 2.45) is 0 Å². The van der Waals surface area contributed by atoms with Crippen LogP contribution in [0.15, 0.2) is 30.3 Å². The van der Waals surface area contributed by atoms with Crippen LogP contribution in [0.2, 0.25) is 0 Å². The molecule has 128 valence electrons. The largest absolute Gasteiger partial charge is 0.338 e. The van der Waals surface area contributed by atoms with Gasteiger partial charge in [0.15, 0.2) is 0 Å². The summed E-state index contributed by atoms with van der Waals surface area (Å²) in [4.78, 5) is 27.4. The Kier molecular flexibility index (Phi) is 5.25. The van der Waals surface area contributed by atoms with Gasteiger partial charge in [-0.1, -0.05) is 12.1 Å². The van der Waals surface area contributed by atoms with Crippen molar-refractivity contribution in [1.29, 1.82) is 0 Å². The minimum Gasteiger partial charge on any atom is -0.338 e. The topological polar surface area (TPSA) is 66.7 Å². The zero-order valence-corrected chi connectivity index (χ0v) is 13.8. The molecular formula is C18H23N3O3. The minimum atomic E-state index is -0.422. The third kappa shape index (κ3) is 3.82. The van der Waals surface area contributed by atoms with Gasteiger partial charge in [0.1, 0.15) is 0 Å². The quantitative estimate of drug-likeness (QED) is 0.484. The van der Waals surface area contributed by atoms with E-state index in [1.807, 2.05) is 4.90 Å². The fourth-order valence-electron chi connectivity index (χ4n) is 3.62. The number of para-hydroxylation sites is 1. The average molecular weight is 329 g/mol. The van der Waals surface area contributed by atoms with Crippen LogP contribution in [-0.4, -0.2) is 52.9 Å². The summed E-state index contributed by atoms with van der Waals surface area (Å²) < 4.78 is 0. The molecule has 3 rings (SSSR count). The van der Waals surface area contributed by atoms with Crippen LogP contribution in [0, 0.1) is 10.1 Å². The molecule has 6 heteroatoms. The number of piperidine rings is 1. The molecule has 2 heterocycles. The lowest BCUT2D eigenvalue weighted by molar-refractivity contribution is -0.385. The minimum absolute atomic E-state index is 0.0233. The predicted molar refractivity (Wildman–Crippen MR) is 92.5 cm³/mol. The third-order valence-corrected chi connectivity index (χ3v) is 4.90. The molecule has 1 unspecified atom stereocenters. The molecule has 2 aliphatic heterocycles. The summed E-state index contributed by atoms with van der Waals surface area (Å²) in [5.74, 6) is -0.0583. The van der Waals surface area contributed by atoms with Crippen molar-refractivity contribution in [3.05, 3.63) is 46.0 Å². The first-order valence-corrected chi connectivity index (χ1v) is 8.59.